The largest absolute Gasteiger partial charge is 0.508 e. The number of phenols is 1. The summed E-state index contributed by atoms with van der Waals surface area (Å²) in [6.07, 6.45) is 0.773. The molecular weight excluding hydrogens is 318 g/mol. The van der Waals surface area contributed by atoms with Gasteiger partial charge in [-0.2, -0.15) is 0 Å². The molecule has 0 spiro atoms. The lowest BCUT2D eigenvalue weighted by molar-refractivity contribution is 0.300. The Bertz CT molecular complexity index is 599. The van der Waals surface area contributed by atoms with E-state index in [-0.39, 0.29) is 5.75 Å². The Kier molecular flexibility index (Phi) is 5.04. The van der Waals surface area contributed by atoms with Crippen molar-refractivity contribution >= 4 is 15.9 Å². The van der Waals surface area contributed by atoms with Crippen molar-refractivity contribution in [3.05, 3.63) is 57.6 Å². The summed E-state index contributed by atoms with van der Waals surface area (Å²) >= 11 is 3.49. The smallest absolute Gasteiger partial charge is 0.126 e. The van der Waals surface area contributed by atoms with E-state index in [4.69, 9.17) is 10.5 Å². The Labute approximate surface area is 127 Å². The van der Waals surface area contributed by atoms with E-state index in [0.29, 0.717) is 13.2 Å². The quantitative estimate of drug-likeness (QED) is 0.878. The van der Waals surface area contributed by atoms with Gasteiger partial charge in [-0.05, 0) is 60.8 Å². The van der Waals surface area contributed by atoms with E-state index >= 15 is 0 Å². The lowest BCUT2D eigenvalue weighted by atomic mass is 10.1. The first-order valence-corrected chi connectivity index (χ1v) is 7.29. The molecule has 0 bridgehead atoms. The third kappa shape index (κ3) is 3.74. The topological polar surface area (TPSA) is 55.5 Å². The fourth-order valence-electron chi connectivity index (χ4n) is 2.15. The predicted molar refractivity (Wildman–Crippen MR) is 84.1 cm³/mol. The van der Waals surface area contributed by atoms with Crippen LogP contribution in [-0.4, -0.2) is 11.7 Å². The average Bonchev–Trinajstić information content (AvgIpc) is 2.38. The zero-order chi connectivity index (χ0) is 14.5. The Hall–Kier alpha value is -1.52. The van der Waals surface area contributed by atoms with Gasteiger partial charge in [-0.15, -0.1) is 0 Å². The van der Waals surface area contributed by atoms with E-state index in [1.165, 1.54) is 0 Å². The van der Waals surface area contributed by atoms with E-state index in [0.717, 1.165) is 33.3 Å². The SMILES string of the molecule is Cc1cc(Br)cc(CCN)c1OCc1cccc(O)c1. The van der Waals surface area contributed by atoms with Gasteiger partial charge in [-0.25, -0.2) is 0 Å². The number of aryl methyl sites for hydroxylation is 1. The van der Waals surface area contributed by atoms with Crippen molar-refractivity contribution < 1.29 is 9.84 Å². The maximum absolute atomic E-state index is 9.46. The number of halogens is 1. The summed E-state index contributed by atoms with van der Waals surface area (Å²) in [5.74, 6) is 1.13. The van der Waals surface area contributed by atoms with Gasteiger partial charge < -0.3 is 15.6 Å². The van der Waals surface area contributed by atoms with Gasteiger partial charge in [0.15, 0.2) is 0 Å². The van der Waals surface area contributed by atoms with Crippen molar-refractivity contribution in [2.45, 2.75) is 20.0 Å². The summed E-state index contributed by atoms with van der Waals surface area (Å²) in [4.78, 5) is 0. The standard InChI is InChI=1S/C16H18BrNO2/c1-11-7-14(17)9-13(5-6-18)16(11)20-10-12-3-2-4-15(19)8-12/h2-4,7-9,19H,5-6,10,18H2,1H3. The summed E-state index contributed by atoms with van der Waals surface area (Å²) in [6.45, 7) is 3.02. The Morgan fingerprint density at radius 1 is 1.25 bits per heavy atom. The molecule has 0 unspecified atom stereocenters. The van der Waals surface area contributed by atoms with E-state index in [9.17, 15) is 5.11 Å². The molecule has 0 radical (unpaired) electrons. The first kappa shape index (κ1) is 14.9. The summed E-state index contributed by atoms with van der Waals surface area (Å²) in [7, 11) is 0. The first-order valence-electron chi connectivity index (χ1n) is 6.50. The van der Waals surface area contributed by atoms with Crippen LogP contribution in [0.4, 0.5) is 0 Å². The number of phenolic OH excluding ortho intramolecular Hbond substituents is 1. The fraction of sp³-hybridized carbons (Fsp3) is 0.250. The lowest BCUT2D eigenvalue weighted by Gasteiger charge is -2.15. The van der Waals surface area contributed by atoms with Crippen molar-refractivity contribution in [2.24, 2.45) is 5.73 Å². The second kappa shape index (κ2) is 6.77. The minimum absolute atomic E-state index is 0.251. The minimum atomic E-state index is 0.251. The highest BCUT2D eigenvalue weighted by molar-refractivity contribution is 9.10. The molecule has 0 aliphatic heterocycles. The van der Waals surface area contributed by atoms with Gasteiger partial charge in [0.05, 0.1) is 0 Å². The number of rotatable bonds is 5. The van der Waals surface area contributed by atoms with E-state index in [1.54, 1.807) is 12.1 Å². The first-order chi connectivity index (χ1) is 9.60. The molecule has 0 saturated carbocycles. The van der Waals surface area contributed by atoms with E-state index in [1.807, 2.05) is 31.2 Å². The monoisotopic (exact) mass is 335 g/mol. The van der Waals surface area contributed by atoms with Crippen molar-refractivity contribution in [3.63, 3.8) is 0 Å². The van der Waals surface area contributed by atoms with Gasteiger partial charge in [0, 0.05) is 4.47 Å². The highest BCUT2D eigenvalue weighted by Crippen LogP contribution is 2.29. The maximum atomic E-state index is 9.46. The molecular formula is C16H18BrNO2. The molecule has 2 aromatic carbocycles. The molecule has 0 heterocycles. The number of benzene rings is 2. The summed E-state index contributed by atoms with van der Waals surface area (Å²) in [5, 5.41) is 9.46. The molecule has 0 aromatic heterocycles. The molecule has 0 amide bonds. The number of hydrogen-bond acceptors (Lipinski definition) is 3. The molecule has 0 atom stereocenters. The molecule has 2 aromatic rings. The van der Waals surface area contributed by atoms with Crippen LogP contribution in [0.5, 0.6) is 11.5 Å². The Morgan fingerprint density at radius 3 is 2.75 bits per heavy atom. The van der Waals surface area contributed by atoms with Gasteiger partial charge >= 0.3 is 0 Å². The molecule has 20 heavy (non-hydrogen) atoms. The van der Waals surface area contributed by atoms with Crippen LogP contribution in [-0.2, 0) is 13.0 Å². The van der Waals surface area contributed by atoms with E-state index < -0.39 is 0 Å². The molecule has 4 heteroatoms. The van der Waals surface area contributed by atoms with Crippen LogP contribution in [0.3, 0.4) is 0 Å². The summed E-state index contributed by atoms with van der Waals surface area (Å²) in [5.41, 5.74) is 8.76. The molecule has 2 rings (SSSR count). The third-order valence-electron chi connectivity index (χ3n) is 3.02. The maximum Gasteiger partial charge on any atom is 0.126 e. The molecule has 3 N–H and O–H groups in total. The molecule has 0 fully saturated rings. The van der Waals surface area contributed by atoms with Crippen LogP contribution in [0, 0.1) is 6.92 Å². The Balaban J connectivity index is 2.20. The minimum Gasteiger partial charge on any atom is -0.508 e. The lowest BCUT2D eigenvalue weighted by Crippen LogP contribution is -2.06. The zero-order valence-corrected chi connectivity index (χ0v) is 13.0. The second-order valence-corrected chi connectivity index (χ2v) is 5.62. The molecule has 106 valence electrons. The van der Waals surface area contributed by atoms with Crippen LogP contribution >= 0.6 is 15.9 Å². The average molecular weight is 336 g/mol. The van der Waals surface area contributed by atoms with Crippen molar-refractivity contribution in [1.29, 1.82) is 0 Å². The molecule has 0 aliphatic rings. The highest BCUT2D eigenvalue weighted by atomic mass is 79.9. The third-order valence-corrected chi connectivity index (χ3v) is 3.48. The van der Waals surface area contributed by atoms with Crippen molar-refractivity contribution in [1.82, 2.24) is 0 Å². The number of aromatic hydroxyl groups is 1. The van der Waals surface area contributed by atoms with Crippen LogP contribution in [0.2, 0.25) is 0 Å². The highest BCUT2D eigenvalue weighted by Gasteiger charge is 2.09. The van der Waals surface area contributed by atoms with E-state index in [2.05, 4.69) is 15.9 Å². The van der Waals surface area contributed by atoms with Gasteiger partial charge in [-0.3, -0.25) is 0 Å². The van der Waals surface area contributed by atoms with Crippen LogP contribution in [0.1, 0.15) is 16.7 Å². The van der Waals surface area contributed by atoms with Crippen molar-refractivity contribution in [2.75, 3.05) is 6.54 Å². The number of hydrogen-bond donors (Lipinski definition) is 2. The number of nitrogens with two attached hydrogens (primary N) is 1. The van der Waals surface area contributed by atoms with Crippen LogP contribution in [0.15, 0.2) is 40.9 Å². The Morgan fingerprint density at radius 2 is 2.05 bits per heavy atom. The zero-order valence-electron chi connectivity index (χ0n) is 11.4. The van der Waals surface area contributed by atoms with Gasteiger partial charge in [0.2, 0.25) is 0 Å². The normalized spacial score (nSPS) is 10.6. The van der Waals surface area contributed by atoms with Gasteiger partial charge in [-0.1, -0.05) is 28.1 Å². The predicted octanol–water partition coefficient (Wildman–Crippen LogP) is 3.54. The van der Waals surface area contributed by atoms with Crippen LogP contribution in [0.25, 0.3) is 0 Å². The van der Waals surface area contributed by atoms with Gasteiger partial charge in [0.1, 0.15) is 18.1 Å². The molecule has 3 nitrogen and oxygen atoms in total. The molecule has 0 saturated heterocycles. The summed E-state index contributed by atoms with van der Waals surface area (Å²) in [6, 6.07) is 11.2. The van der Waals surface area contributed by atoms with Gasteiger partial charge in [0.25, 0.3) is 0 Å². The fourth-order valence-corrected chi connectivity index (χ4v) is 2.77. The van der Waals surface area contributed by atoms with Crippen molar-refractivity contribution in [3.8, 4) is 11.5 Å². The molecule has 0 aliphatic carbocycles. The summed E-state index contributed by atoms with van der Waals surface area (Å²) < 4.78 is 6.96. The number of ether oxygens (including phenoxy) is 1. The van der Waals surface area contributed by atoms with Crippen LogP contribution < -0.4 is 10.5 Å². The second-order valence-electron chi connectivity index (χ2n) is 4.71.